The van der Waals surface area contributed by atoms with Gasteiger partial charge in [-0.2, -0.15) is 0 Å². The van der Waals surface area contributed by atoms with E-state index in [1.54, 1.807) is 6.07 Å². The second kappa shape index (κ2) is 6.15. The van der Waals surface area contributed by atoms with Crippen LogP contribution in [0, 0.1) is 6.92 Å². The van der Waals surface area contributed by atoms with E-state index in [1.807, 2.05) is 54.1 Å². The summed E-state index contributed by atoms with van der Waals surface area (Å²) < 4.78 is 2.95. The highest BCUT2D eigenvalue weighted by Gasteiger charge is 2.08. The van der Waals surface area contributed by atoms with Crippen LogP contribution in [0.2, 0.25) is 5.02 Å². The first-order chi connectivity index (χ1) is 10.5. The first-order valence-corrected chi connectivity index (χ1v) is 8.00. The molecule has 0 unspecified atom stereocenters. The minimum atomic E-state index is -0.0780. The van der Waals surface area contributed by atoms with Gasteiger partial charge in [0, 0.05) is 32.3 Å². The van der Waals surface area contributed by atoms with Crippen molar-refractivity contribution < 1.29 is 4.79 Å². The van der Waals surface area contributed by atoms with E-state index in [2.05, 4.69) is 21.2 Å². The molecule has 1 amide bonds. The van der Waals surface area contributed by atoms with Crippen molar-refractivity contribution in [3.05, 3.63) is 63.7 Å². The summed E-state index contributed by atoms with van der Waals surface area (Å²) in [6.45, 7) is 2.20. The lowest BCUT2D eigenvalue weighted by molar-refractivity contribution is -0.116. The standard InChI is InChI=1S/C17H14BrClN2O/c1-11-2-4-14(19)9-15(11)20-17(22)10-21-7-6-12-8-13(18)3-5-16(12)21/h2-9H,10H2,1H3,(H,20,22). The lowest BCUT2D eigenvalue weighted by Gasteiger charge is -2.10. The van der Waals surface area contributed by atoms with E-state index in [9.17, 15) is 4.79 Å². The summed E-state index contributed by atoms with van der Waals surface area (Å²) in [4.78, 5) is 12.3. The monoisotopic (exact) mass is 376 g/mol. The minimum absolute atomic E-state index is 0.0780. The van der Waals surface area contributed by atoms with E-state index >= 15 is 0 Å². The summed E-state index contributed by atoms with van der Waals surface area (Å²) in [5, 5.41) is 4.62. The number of amides is 1. The third-order valence-electron chi connectivity index (χ3n) is 3.52. The predicted octanol–water partition coefficient (Wildman–Crippen LogP) is 5.00. The molecule has 2 aromatic carbocycles. The molecule has 3 nitrogen and oxygen atoms in total. The van der Waals surface area contributed by atoms with E-state index in [4.69, 9.17) is 11.6 Å². The van der Waals surface area contributed by atoms with Crippen molar-refractivity contribution in [3.63, 3.8) is 0 Å². The van der Waals surface area contributed by atoms with Crippen LogP contribution in [0.4, 0.5) is 5.69 Å². The van der Waals surface area contributed by atoms with Gasteiger partial charge in [0.2, 0.25) is 5.91 Å². The molecule has 0 radical (unpaired) electrons. The van der Waals surface area contributed by atoms with E-state index in [0.717, 1.165) is 26.6 Å². The Morgan fingerprint density at radius 2 is 2.05 bits per heavy atom. The lowest BCUT2D eigenvalue weighted by Crippen LogP contribution is -2.18. The van der Waals surface area contributed by atoms with Crippen LogP contribution in [0.25, 0.3) is 10.9 Å². The van der Waals surface area contributed by atoms with Gasteiger partial charge in [0.25, 0.3) is 0 Å². The van der Waals surface area contributed by atoms with Crippen LogP contribution in [0.5, 0.6) is 0 Å². The highest BCUT2D eigenvalue weighted by molar-refractivity contribution is 9.10. The fraction of sp³-hybridized carbons (Fsp3) is 0.118. The maximum atomic E-state index is 12.3. The van der Waals surface area contributed by atoms with Crippen LogP contribution in [0.1, 0.15) is 5.56 Å². The van der Waals surface area contributed by atoms with Crippen LogP contribution >= 0.6 is 27.5 Å². The zero-order chi connectivity index (χ0) is 15.7. The molecule has 112 valence electrons. The Balaban J connectivity index is 1.80. The summed E-state index contributed by atoms with van der Waals surface area (Å²) in [6.07, 6.45) is 1.92. The number of hydrogen-bond donors (Lipinski definition) is 1. The zero-order valence-electron chi connectivity index (χ0n) is 11.9. The van der Waals surface area contributed by atoms with Gasteiger partial charge in [-0.1, -0.05) is 33.6 Å². The molecule has 0 aliphatic rings. The van der Waals surface area contributed by atoms with E-state index in [1.165, 1.54) is 0 Å². The number of hydrogen-bond acceptors (Lipinski definition) is 1. The van der Waals surface area contributed by atoms with Gasteiger partial charge in [-0.05, 0) is 48.9 Å². The molecule has 22 heavy (non-hydrogen) atoms. The van der Waals surface area contributed by atoms with Gasteiger partial charge in [0.1, 0.15) is 6.54 Å². The zero-order valence-corrected chi connectivity index (χ0v) is 14.3. The summed E-state index contributed by atoms with van der Waals surface area (Å²) in [5.41, 5.74) is 2.76. The Morgan fingerprint density at radius 3 is 2.86 bits per heavy atom. The van der Waals surface area contributed by atoms with Crippen molar-refractivity contribution in [2.24, 2.45) is 0 Å². The summed E-state index contributed by atoms with van der Waals surface area (Å²) in [5.74, 6) is -0.0780. The second-order valence-corrected chi connectivity index (χ2v) is 6.51. The first kappa shape index (κ1) is 15.1. The smallest absolute Gasteiger partial charge is 0.244 e. The van der Waals surface area contributed by atoms with Crippen LogP contribution in [-0.4, -0.2) is 10.5 Å². The Labute approximate surface area is 142 Å². The van der Waals surface area contributed by atoms with Gasteiger partial charge in [0.15, 0.2) is 0 Å². The topological polar surface area (TPSA) is 34.0 Å². The highest BCUT2D eigenvalue weighted by atomic mass is 79.9. The first-order valence-electron chi connectivity index (χ1n) is 6.83. The molecule has 0 spiro atoms. The number of rotatable bonds is 3. The quantitative estimate of drug-likeness (QED) is 0.684. The number of nitrogens with one attached hydrogen (secondary N) is 1. The summed E-state index contributed by atoms with van der Waals surface area (Å²) in [7, 11) is 0. The molecule has 3 rings (SSSR count). The van der Waals surface area contributed by atoms with Gasteiger partial charge in [-0.3, -0.25) is 4.79 Å². The van der Waals surface area contributed by atoms with Crippen molar-refractivity contribution >= 4 is 50.0 Å². The van der Waals surface area contributed by atoms with E-state index in [-0.39, 0.29) is 12.5 Å². The maximum absolute atomic E-state index is 12.3. The normalized spacial score (nSPS) is 10.9. The fourth-order valence-electron chi connectivity index (χ4n) is 2.38. The van der Waals surface area contributed by atoms with Gasteiger partial charge >= 0.3 is 0 Å². The SMILES string of the molecule is Cc1ccc(Cl)cc1NC(=O)Cn1ccc2cc(Br)ccc21. The number of carbonyl (C=O) groups excluding carboxylic acids is 1. The van der Waals surface area contributed by atoms with Gasteiger partial charge in [-0.15, -0.1) is 0 Å². The second-order valence-electron chi connectivity index (χ2n) is 5.15. The van der Waals surface area contributed by atoms with Crippen LogP contribution in [-0.2, 0) is 11.3 Å². The molecule has 1 heterocycles. The average molecular weight is 378 g/mol. The number of anilines is 1. The molecule has 0 saturated carbocycles. The average Bonchev–Trinajstić information content (AvgIpc) is 2.85. The van der Waals surface area contributed by atoms with E-state index < -0.39 is 0 Å². The van der Waals surface area contributed by atoms with Crippen molar-refractivity contribution in [1.82, 2.24) is 4.57 Å². The Morgan fingerprint density at radius 1 is 1.23 bits per heavy atom. The van der Waals surface area contributed by atoms with Gasteiger partial charge in [-0.25, -0.2) is 0 Å². The van der Waals surface area contributed by atoms with Crippen LogP contribution in [0.3, 0.4) is 0 Å². The Hall–Kier alpha value is -1.78. The molecule has 1 N–H and O–H groups in total. The maximum Gasteiger partial charge on any atom is 0.244 e. The molecule has 1 aromatic heterocycles. The van der Waals surface area contributed by atoms with Crippen molar-refractivity contribution in [3.8, 4) is 0 Å². The summed E-state index contributed by atoms with van der Waals surface area (Å²) in [6, 6.07) is 13.5. The fourth-order valence-corrected chi connectivity index (χ4v) is 2.93. The molecular weight excluding hydrogens is 364 g/mol. The van der Waals surface area contributed by atoms with Crippen LogP contribution in [0.15, 0.2) is 53.1 Å². The molecule has 0 aliphatic heterocycles. The predicted molar refractivity (Wildman–Crippen MR) is 94.5 cm³/mol. The number of fused-ring (bicyclic) bond motifs is 1. The Bertz CT molecular complexity index is 857. The molecule has 3 aromatic rings. The molecule has 0 atom stereocenters. The number of aryl methyl sites for hydroxylation is 1. The largest absolute Gasteiger partial charge is 0.338 e. The third-order valence-corrected chi connectivity index (χ3v) is 4.25. The Kier molecular flexibility index (Phi) is 4.23. The number of aromatic nitrogens is 1. The van der Waals surface area contributed by atoms with Crippen molar-refractivity contribution in [2.75, 3.05) is 5.32 Å². The molecule has 0 saturated heterocycles. The number of nitrogens with zero attached hydrogens (tertiary/aromatic N) is 1. The molecule has 0 aliphatic carbocycles. The number of benzene rings is 2. The van der Waals surface area contributed by atoms with Crippen molar-refractivity contribution in [1.29, 1.82) is 0 Å². The molecule has 0 bridgehead atoms. The van der Waals surface area contributed by atoms with Crippen molar-refractivity contribution in [2.45, 2.75) is 13.5 Å². The molecule has 0 fully saturated rings. The highest BCUT2D eigenvalue weighted by Crippen LogP contribution is 2.22. The van der Waals surface area contributed by atoms with E-state index in [0.29, 0.717) is 5.02 Å². The lowest BCUT2D eigenvalue weighted by atomic mass is 10.2. The summed E-state index contributed by atoms with van der Waals surface area (Å²) >= 11 is 9.43. The third kappa shape index (κ3) is 3.18. The van der Waals surface area contributed by atoms with Gasteiger partial charge < -0.3 is 9.88 Å². The molecule has 5 heteroatoms. The minimum Gasteiger partial charge on any atom is -0.338 e. The van der Waals surface area contributed by atoms with Crippen LogP contribution < -0.4 is 5.32 Å². The number of halogens is 2. The molecular formula is C17H14BrClN2O. The van der Waals surface area contributed by atoms with Gasteiger partial charge in [0.05, 0.1) is 0 Å². The number of carbonyl (C=O) groups is 1.